The van der Waals surface area contributed by atoms with E-state index in [9.17, 15) is 14.4 Å². The average Bonchev–Trinajstić information content (AvgIpc) is 2.82. The molecule has 0 unspecified atom stereocenters. The molecule has 0 atom stereocenters. The Bertz CT molecular complexity index is 1430. The van der Waals surface area contributed by atoms with Crippen molar-refractivity contribution in [2.45, 2.75) is 6.92 Å². The molecule has 0 aliphatic carbocycles. The maximum Gasteiger partial charge on any atom is 0.261 e. The summed E-state index contributed by atoms with van der Waals surface area (Å²) in [6.07, 6.45) is 1.48. The standard InChI is InChI=1S/C26H21ClN2O4/c1-3-33-18-10-12-23-20(14-18)25(31)21(15-29(23)2)26(32)28-22-11-9-17(27)13-19(22)24(30)16-7-5-4-6-8-16/h4-15H,3H2,1-2H3,(H,28,32). The van der Waals surface area contributed by atoms with Gasteiger partial charge in [0.25, 0.3) is 5.91 Å². The summed E-state index contributed by atoms with van der Waals surface area (Å²) in [6, 6.07) is 18.5. The van der Waals surface area contributed by atoms with Gasteiger partial charge >= 0.3 is 0 Å². The van der Waals surface area contributed by atoms with E-state index in [1.807, 2.05) is 13.0 Å². The summed E-state index contributed by atoms with van der Waals surface area (Å²) in [5.74, 6) is -0.363. The molecule has 0 aliphatic heterocycles. The van der Waals surface area contributed by atoms with Crippen molar-refractivity contribution in [2.24, 2.45) is 7.05 Å². The molecule has 3 aromatic carbocycles. The molecule has 1 N–H and O–H groups in total. The fourth-order valence-corrected chi connectivity index (χ4v) is 3.81. The molecule has 4 aromatic rings. The van der Waals surface area contributed by atoms with Crippen LogP contribution in [0.15, 0.2) is 77.7 Å². The van der Waals surface area contributed by atoms with Crippen LogP contribution in [0, 0.1) is 0 Å². The highest BCUT2D eigenvalue weighted by molar-refractivity contribution is 6.31. The molecule has 0 radical (unpaired) electrons. The van der Waals surface area contributed by atoms with Crippen molar-refractivity contribution in [3.63, 3.8) is 0 Å². The third-order valence-electron chi connectivity index (χ3n) is 5.23. The van der Waals surface area contributed by atoms with Gasteiger partial charge < -0.3 is 14.6 Å². The van der Waals surface area contributed by atoms with Crippen molar-refractivity contribution < 1.29 is 14.3 Å². The van der Waals surface area contributed by atoms with Crippen LogP contribution in [0.1, 0.15) is 33.2 Å². The highest BCUT2D eigenvalue weighted by atomic mass is 35.5. The number of nitrogens with zero attached hydrogens (tertiary/aromatic N) is 1. The number of rotatable bonds is 6. The number of ether oxygens (including phenoxy) is 1. The lowest BCUT2D eigenvalue weighted by Crippen LogP contribution is -2.24. The van der Waals surface area contributed by atoms with Crippen LogP contribution in [0.4, 0.5) is 5.69 Å². The maximum atomic E-state index is 13.1. The number of benzene rings is 3. The highest BCUT2D eigenvalue weighted by Gasteiger charge is 2.19. The molecule has 1 aromatic heterocycles. The number of anilines is 1. The number of ketones is 1. The molecule has 4 rings (SSSR count). The number of pyridine rings is 1. The molecular weight excluding hydrogens is 440 g/mol. The van der Waals surface area contributed by atoms with Crippen LogP contribution >= 0.6 is 11.6 Å². The Hall–Kier alpha value is -3.90. The third-order valence-corrected chi connectivity index (χ3v) is 5.46. The van der Waals surface area contributed by atoms with Crippen molar-refractivity contribution >= 4 is 39.9 Å². The predicted octanol–water partition coefficient (Wildman–Crippen LogP) is 5.07. The van der Waals surface area contributed by atoms with Crippen LogP contribution in [0.2, 0.25) is 5.02 Å². The number of carbonyl (C=O) groups is 2. The monoisotopic (exact) mass is 460 g/mol. The van der Waals surface area contributed by atoms with Gasteiger partial charge in [-0.1, -0.05) is 41.9 Å². The molecule has 1 heterocycles. The molecule has 0 saturated heterocycles. The van der Waals surface area contributed by atoms with Crippen molar-refractivity contribution in [2.75, 3.05) is 11.9 Å². The minimum absolute atomic E-state index is 0.0493. The zero-order valence-corrected chi connectivity index (χ0v) is 18.8. The molecule has 0 saturated carbocycles. The summed E-state index contributed by atoms with van der Waals surface area (Å²) in [4.78, 5) is 39.3. The molecule has 0 aliphatic rings. The summed E-state index contributed by atoms with van der Waals surface area (Å²) in [5, 5.41) is 3.44. The van der Waals surface area contributed by atoms with Gasteiger partial charge in [-0.2, -0.15) is 0 Å². The van der Waals surface area contributed by atoms with Gasteiger partial charge in [0.15, 0.2) is 5.78 Å². The minimum Gasteiger partial charge on any atom is -0.494 e. The van der Waals surface area contributed by atoms with E-state index in [4.69, 9.17) is 16.3 Å². The Morgan fingerprint density at radius 1 is 1.00 bits per heavy atom. The van der Waals surface area contributed by atoms with Gasteiger partial charge in [-0.05, 0) is 43.3 Å². The number of carbonyl (C=O) groups excluding carboxylic acids is 2. The van der Waals surface area contributed by atoms with E-state index >= 15 is 0 Å². The Morgan fingerprint density at radius 3 is 2.48 bits per heavy atom. The number of hydrogen-bond donors (Lipinski definition) is 1. The Kier molecular flexibility index (Phi) is 6.29. The molecule has 1 amide bonds. The van der Waals surface area contributed by atoms with Gasteiger partial charge in [-0.15, -0.1) is 0 Å². The second-order valence-electron chi connectivity index (χ2n) is 7.43. The average molecular weight is 461 g/mol. The topological polar surface area (TPSA) is 77.4 Å². The van der Waals surface area contributed by atoms with Crippen molar-refractivity contribution in [3.05, 3.63) is 105 Å². The Labute approximate surface area is 195 Å². The largest absolute Gasteiger partial charge is 0.494 e. The lowest BCUT2D eigenvalue weighted by atomic mass is 10.0. The van der Waals surface area contributed by atoms with Gasteiger partial charge in [0.2, 0.25) is 5.43 Å². The molecule has 7 heteroatoms. The van der Waals surface area contributed by atoms with Crippen LogP contribution in [0.5, 0.6) is 5.75 Å². The maximum absolute atomic E-state index is 13.1. The third kappa shape index (κ3) is 4.52. The summed E-state index contributed by atoms with van der Waals surface area (Å²) in [6.45, 7) is 2.31. The number of aryl methyl sites for hydroxylation is 1. The Morgan fingerprint density at radius 2 is 1.76 bits per heavy atom. The summed E-state index contributed by atoms with van der Waals surface area (Å²) in [7, 11) is 1.76. The zero-order valence-electron chi connectivity index (χ0n) is 18.1. The number of nitrogens with one attached hydrogen (secondary N) is 1. The molecule has 166 valence electrons. The number of amides is 1. The molecule has 0 fully saturated rings. The quantitative estimate of drug-likeness (QED) is 0.407. The molecule has 33 heavy (non-hydrogen) atoms. The number of fused-ring (bicyclic) bond motifs is 1. The zero-order chi connectivity index (χ0) is 23.5. The van der Waals surface area contributed by atoms with Crippen molar-refractivity contribution in [1.29, 1.82) is 0 Å². The van der Waals surface area contributed by atoms with Crippen LogP contribution in [-0.4, -0.2) is 22.9 Å². The smallest absolute Gasteiger partial charge is 0.261 e. The van der Waals surface area contributed by atoms with Crippen LogP contribution in [0.25, 0.3) is 10.9 Å². The van der Waals surface area contributed by atoms with Gasteiger partial charge in [0, 0.05) is 29.4 Å². The molecule has 0 bridgehead atoms. The number of halogens is 1. The van der Waals surface area contributed by atoms with Gasteiger partial charge in [-0.25, -0.2) is 0 Å². The van der Waals surface area contributed by atoms with Crippen LogP contribution < -0.4 is 15.5 Å². The number of aromatic nitrogens is 1. The Balaban J connectivity index is 1.74. The van der Waals surface area contributed by atoms with Crippen molar-refractivity contribution in [1.82, 2.24) is 4.57 Å². The number of hydrogen-bond acceptors (Lipinski definition) is 4. The fourth-order valence-electron chi connectivity index (χ4n) is 3.64. The fraction of sp³-hybridized carbons (Fsp3) is 0.115. The van der Waals surface area contributed by atoms with E-state index in [0.717, 1.165) is 0 Å². The predicted molar refractivity (Wildman–Crippen MR) is 130 cm³/mol. The van der Waals surface area contributed by atoms with E-state index < -0.39 is 11.3 Å². The van der Waals surface area contributed by atoms with Crippen LogP contribution in [-0.2, 0) is 7.05 Å². The van der Waals surface area contributed by atoms with E-state index in [1.54, 1.807) is 66.2 Å². The first-order valence-corrected chi connectivity index (χ1v) is 10.7. The van der Waals surface area contributed by atoms with Gasteiger partial charge in [0.05, 0.1) is 23.2 Å². The van der Waals surface area contributed by atoms with Gasteiger partial charge in [-0.3, -0.25) is 14.4 Å². The van der Waals surface area contributed by atoms with E-state index in [0.29, 0.717) is 33.8 Å². The SMILES string of the molecule is CCOc1ccc2c(c1)c(=O)c(C(=O)Nc1ccc(Cl)cc1C(=O)c1ccccc1)cn2C. The van der Waals surface area contributed by atoms with E-state index in [1.165, 1.54) is 12.3 Å². The summed E-state index contributed by atoms with van der Waals surface area (Å²) < 4.78 is 7.21. The lowest BCUT2D eigenvalue weighted by molar-refractivity contribution is 0.102. The van der Waals surface area contributed by atoms with Crippen LogP contribution in [0.3, 0.4) is 0 Å². The summed E-state index contributed by atoms with van der Waals surface area (Å²) in [5.41, 5.74) is 1.16. The molecular formula is C26H21ClN2O4. The van der Waals surface area contributed by atoms with Crippen molar-refractivity contribution in [3.8, 4) is 5.75 Å². The highest BCUT2D eigenvalue weighted by Crippen LogP contribution is 2.25. The summed E-state index contributed by atoms with van der Waals surface area (Å²) >= 11 is 6.12. The second-order valence-corrected chi connectivity index (χ2v) is 7.87. The first-order chi connectivity index (χ1) is 15.9. The first-order valence-electron chi connectivity index (χ1n) is 10.4. The molecule has 0 spiro atoms. The molecule has 6 nitrogen and oxygen atoms in total. The van der Waals surface area contributed by atoms with E-state index in [-0.39, 0.29) is 22.6 Å². The second kappa shape index (κ2) is 9.30. The normalized spacial score (nSPS) is 10.8. The lowest BCUT2D eigenvalue weighted by Gasteiger charge is -2.13. The van der Waals surface area contributed by atoms with E-state index in [2.05, 4.69) is 5.32 Å². The van der Waals surface area contributed by atoms with Gasteiger partial charge in [0.1, 0.15) is 11.3 Å². The minimum atomic E-state index is -0.622. The first kappa shape index (κ1) is 22.3.